The van der Waals surface area contributed by atoms with Gasteiger partial charge in [-0.2, -0.15) is 0 Å². The Morgan fingerprint density at radius 1 is 1.42 bits per heavy atom. The van der Waals surface area contributed by atoms with E-state index in [2.05, 4.69) is 10.3 Å². The molecule has 0 unspecified atom stereocenters. The zero-order valence-electron chi connectivity index (χ0n) is 9.41. The highest BCUT2D eigenvalue weighted by Crippen LogP contribution is 2.31. The number of amides is 1. The van der Waals surface area contributed by atoms with Crippen molar-refractivity contribution in [3.8, 4) is 0 Å². The van der Waals surface area contributed by atoms with E-state index in [1.807, 2.05) is 0 Å². The number of nitrogens with zero attached hydrogens (tertiary/aromatic N) is 1. The lowest BCUT2D eigenvalue weighted by Crippen LogP contribution is -2.13. The van der Waals surface area contributed by atoms with Gasteiger partial charge in [0.1, 0.15) is 16.5 Å². The molecule has 1 heterocycles. The Morgan fingerprint density at radius 2 is 2.05 bits per heavy atom. The number of carbonyl (C=O) groups is 1. The van der Waals surface area contributed by atoms with Gasteiger partial charge >= 0.3 is 0 Å². The van der Waals surface area contributed by atoms with Crippen molar-refractivity contribution in [2.45, 2.75) is 6.54 Å². The molecule has 4 nitrogen and oxygen atoms in total. The average molecular weight is 320 g/mol. The summed E-state index contributed by atoms with van der Waals surface area (Å²) < 4.78 is 13.0. The summed E-state index contributed by atoms with van der Waals surface area (Å²) in [6, 6.07) is 2.13. The molecule has 0 aliphatic rings. The molecule has 1 aromatic carbocycles. The van der Waals surface area contributed by atoms with E-state index in [1.165, 1.54) is 11.3 Å². The SMILES string of the molecule is NCc1nc(C(=O)Nc2c(Cl)cc(F)cc2Cl)cs1. The third-order valence-electron chi connectivity index (χ3n) is 2.20. The molecule has 0 radical (unpaired) electrons. The molecule has 0 saturated heterocycles. The molecule has 0 aliphatic carbocycles. The van der Waals surface area contributed by atoms with E-state index in [9.17, 15) is 9.18 Å². The van der Waals surface area contributed by atoms with Crippen molar-refractivity contribution in [3.05, 3.63) is 44.1 Å². The van der Waals surface area contributed by atoms with Crippen LogP contribution in [-0.2, 0) is 6.54 Å². The summed E-state index contributed by atoms with van der Waals surface area (Å²) in [5.41, 5.74) is 5.77. The van der Waals surface area contributed by atoms with Gasteiger partial charge < -0.3 is 11.1 Å². The highest BCUT2D eigenvalue weighted by Gasteiger charge is 2.15. The molecule has 2 rings (SSSR count). The number of nitrogens with two attached hydrogens (primary N) is 1. The van der Waals surface area contributed by atoms with Gasteiger partial charge in [-0.05, 0) is 12.1 Å². The normalized spacial score (nSPS) is 10.5. The quantitative estimate of drug-likeness (QED) is 0.912. The van der Waals surface area contributed by atoms with E-state index in [0.717, 1.165) is 12.1 Å². The van der Waals surface area contributed by atoms with Crippen molar-refractivity contribution in [2.75, 3.05) is 5.32 Å². The molecule has 100 valence electrons. The molecule has 0 spiro atoms. The summed E-state index contributed by atoms with van der Waals surface area (Å²) in [5, 5.41) is 4.75. The molecule has 0 saturated carbocycles. The molecule has 2 aromatic rings. The van der Waals surface area contributed by atoms with E-state index < -0.39 is 11.7 Å². The second-order valence-electron chi connectivity index (χ2n) is 3.53. The molecule has 8 heteroatoms. The zero-order valence-corrected chi connectivity index (χ0v) is 11.7. The van der Waals surface area contributed by atoms with Crippen molar-refractivity contribution in [1.29, 1.82) is 0 Å². The molecule has 0 aliphatic heterocycles. The highest BCUT2D eigenvalue weighted by molar-refractivity contribution is 7.09. The first-order valence-corrected chi connectivity index (χ1v) is 6.75. The molecule has 0 fully saturated rings. The molecule has 3 N–H and O–H groups in total. The number of nitrogens with one attached hydrogen (secondary N) is 1. The summed E-state index contributed by atoms with van der Waals surface area (Å²) in [5.74, 6) is -1.06. The lowest BCUT2D eigenvalue weighted by molar-refractivity contribution is 0.102. The van der Waals surface area contributed by atoms with Crippen molar-refractivity contribution in [3.63, 3.8) is 0 Å². The third kappa shape index (κ3) is 3.22. The Bertz CT molecular complexity index is 609. The number of anilines is 1. The minimum Gasteiger partial charge on any atom is -0.325 e. The lowest BCUT2D eigenvalue weighted by Gasteiger charge is -2.08. The Kier molecular flexibility index (Phi) is 4.36. The van der Waals surface area contributed by atoms with Crippen LogP contribution in [0.25, 0.3) is 0 Å². The minimum absolute atomic E-state index is 0.0210. The van der Waals surface area contributed by atoms with Crippen LogP contribution in [0.1, 0.15) is 15.5 Å². The number of hydrogen-bond acceptors (Lipinski definition) is 4. The first-order chi connectivity index (χ1) is 9.01. The second kappa shape index (κ2) is 5.83. The Hall–Kier alpha value is -1.21. The van der Waals surface area contributed by atoms with Gasteiger partial charge in [-0.3, -0.25) is 4.79 Å². The minimum atomic E-state index is -0.577. The number of aromatic nitrogens is 1. The first-order valence-electron chi connectivity index (χ1n) is 5.11. The van der Waals surface area contributed by atoms with Crippen molar-refractivity contribution in [2.24, 2.45) is 5.73 Å². The standard InChI is InChI=1S/C11H8Cl2FN3OS/c12-6-1-5(14)2-7(13)10(6)17-11(18)8-4-19-9(3-15)16-8/h1-2,4H,3,15H2,(H,17,18). The number of hydrogen-bond donors (Lipinski definition) is 2. The number of rotatable bonds is 3. The van der Waals surface area contributed by atoms with Crippen LogP contribution in [0.3, 0.4) is 0 Å². The second-order valence-corrected chi connectivity index (χ2v) is 5.29. The molecule has 0 atom stereocenters. The van der Waals surface area contributed by atoms with E-state index in [1.54, 1.807) is 5.38 Å². The summed E-state index contributed by atoms with van der Waals surface area (Å²) >= 11 is 12.9. The fourth-order valence-corrected chi connectivity index (χ4v) is 2.56. The van der Waals surface area contributed by atoms with E-state index in [-0.39, 0.29) is 28.0 Å². The molecule has 19 heavy (non-hydrogen) atoms. The number of benzene rings is 1. The molecule has 1 amide bonds. The first kappa shape index (κ1) is 14.2. The van der Waals surface area contributed by atoms with Gasteiger partial charge in [0, 0.05) is 11.9 Å². The summed E-state index contributed by atoms with van der Waals surface area (Å²) in [6.45, 7) is 0.260. The predicted octanol–water partition coefficient (Wildman–Crippen LogP) is 3.30. The summed E-state index contributed by atoms with van der Waals surface area (Å²) in [7, 11) is 0. The number of thiazole rings is 1. The van der Waals surface area contributed by atoms with Crippen molar-refractivity contribution < 1.29 is 9.18 Å². The maximum atomic E-state index is 13.0. The number of carbonyl (C=O) groups excluding carboxylic acids is 1. The van der Waals surface area contributed by atoms with Crippen LogP contribution in [0.4, 0.5) is 10.1 Å². The van der Waals surface area contributed by atoms with E-state index in [4.69, 9.17) is 28.9 Å². The van der Waals surface area contributed by atoms with Crippen LogP contribution < -0.4 is 11.1 Å². The van der Waals surface area contributed by atoms with Crippen LogP contribution >= 0.6 is 34.5 Å². The molecular formula is C11H8Cl2FN3OS. The average Bonchev–Trinajstić information content (AvgIpc) is 2.82. The Morgan fingerprint density at radius 3 is 2.58 bits per heavy atom. The fourth-order valence-electron chi connectivity index (χ4n) is 1.35. The van der Waals surface area contributed by atoms with Crippen molar-refractivity contribution in [1.82, 2.24) is 4.98 Å². The van der Waals surface area contributed by atoms with Gasteiger partial charge in [0.05, 0.1) is 15.7 Å². The van der Waals surface area contributed by atoms with Gasteiger partial charge in [0.15, 0.2) is 0 Å². The maximum absolute atomic E-state index is 13.0. The van der Waals surface area contributed by atoms with Crippen LogP contribution in [0.2, 0.25) is 10.0 Å². The molecule has 0 bridgehead atoms. The van der Waals surface area contributed by atoms with Gasteiger partial charge in [-0.25, -0.2) is 9.37 Å². The Labute approximate surface area is 122 Å². The Balaban J connectivity index is 2.24. The van der Waals surface area contributed by atoms with E-state index >= 15 is 0 Å². The van der Waals surface area contributed by atoms with Crippen LogP contribution in [0.5, 0.6) is 0 Å². The van der Waals surface area contributed by atoms with Gasteiger partial charge in [0.2, 0.25) is 0 Å². The van der Waals surface area contributed by atoms with Crippen LogP contribution in [0, 0.1) is 5.82 Å². The van der Waals surface area contributed by atoms with Gasteiger partial charge in [-0.1, -0.05) is 23.2 Å². The fraction of sp³-hybridized carbons (Fsp3) is 0.0909. The van der Waals surface area contributed by atoms with Crippen LogP contribution in [0.15, 0.2) is 17.5 Å². The van der Waals surface area contributed by atoms with Crippen molar-refractivity contribution >= 4 is 46.1 Å². The molecule has 1 aromatic heterocycles. The smallest absolute Gasteiger partial charge is 0.275 e. The largest absolute Gasteiger partial charge is 0.325 e. The topological polar surface area (TPSA) is 68.0 Å². The van der Waals surface area contributed by atoms with Gasteiger partial charge in [0.25, 0.3) is 5.91 Å². The number of halogens is 3. The van der Waals surface area contributed by atoms with Gasteiger partial charge in [-0.15, -0.1) is 11.3 Å². The predicted molar refractivity (Wildman–Crippen MR) is 74.4 cm³/mol. The maximum Gasteiger partial charge on any atom is 0.275 e. The lowest BCUT2D eigenvalue weighted by atomic mass is 10.3. The summed E-state index contributed by atoms with van der Waals surface area (Å²) in [4.78, 5) is 15.9. The summed E-state index contributed by atoms with van der Waals surface area (Å²) in [6.07, 6.45) is 0. The van der Waals surface area contributed by atoms with E-state index in [0.29, 0.717) is 5.01 Å². The van der Waals surface area contributed by atoms with Crippen LogP contribution in [-0.4, -0.2) is 10.9 Å². The zero-order chi connectivity index (χ0) is 14.0. The monoisotopic (exact) mass is 319 g/mol. The third-order valence-corrected chi connectivity index (χ3v) is 3.67. The highest BCUT2D eigenvalue weighted by atomic mass is 35.5. The molecular weight excluding hydrogens is 312 g/mol.